The summed E-state index contributed by atoms with van der Waals surface area (Å²) < 4.78 is 0. The van der Waals surface area contributed by atoms with Gasteiger partial charge in [0.05, 0.1) is 0 Å². The van der Waals surface area contributed by atoms with Crippen LogP contribution in [0.15, 0.2) is 0 Å². The molecule has 0 aliphatic rings. The van der Waals surface area contributed by atoms with Crippen molar-refractivity contribution in [2.45, 2.75) is 19.8 Å². The molecule has 1 aromatic rings. The molecule has 0 fully saturated rings. The second kappa shape index (κ2) is 4.74. The van der Waals surface area contributed by atoms with Crippen LogP contribution in [0.4, 0.5) is 0 Å². The van der Waals surface area contributed by atoms with Crippen molar-refractivity contribution in [1.29, 1.82) is 0 Å². The minimum Gasteiger partial charge on any atom is -0.396 e. The number of hydrogen-bond acceptors (Lipinski definition) is 3. The Morgan fingerprint density at radius 1 is 1.23 bits per heavy atom. The fourth-order valence-electron chi connectivity index (χ4n) is 0.991. The smallest absolute Gasteiger partial charge is 0.137 e. The van der Waals surface area contributed by atoms with Crippen LogP contribution in [0.5, 0.6) is 0 Å². The molecule has 0 atom stereocenters. The van der Waals surface area contributed by atoms with Gasteiger partial charge in [-0.1, -0.05) is 23.2 Å². The Morgan fingerprint density at radius 3 is 2.23 bits per heavy atom. The first-order valence-electron chi connectivity index (χ1n) is 3.94. The van der Waals surface area contributed by atoms with Gasteiger partial charge in [-0.15, -0.1) is 0 Å². The van der Waals surface area contributed by atoms with Gasteiger partial charge in [0, 0.05) is 12.2 Å². The Hall–Kier alpha value is -0.380. The van der Waals surface area contributed by atoms with Crippen molar-refractivity contribution in [3.63, 3.8) is 0 Å². The molecule has 72 valence electrons. The van der Waals surface area contributed by atoms with Gasteiger partial charge in [-0.3, -0.25) is 0 Å². The summed E-state index contributed by atoms with van der Waals surface area (Å²) in [5, 5.41) is 9.40. The van der Waals surface area contributed by atoms with Crippen molar-refractivity contribution in [3.05, 3.63) is 21.7 Å². The van der Waals surface area contributed by atoms with E-state index in [0.717, 1.165) is 0 Å². The van der Waals surface area contributed by atoms with Crippen LogP contribution >= 0.6 is 23.2 Å². The summed E-state index contributed by atoms with van der Waals surface area (Å²) in [7, 11) is 0. The van der Waals surface area contributed by atoms with Gasteiger partial charge in [-0.2, -0.15) is 0 Å². The quantitative estimate of drug-likeness (QED) is 0.794. The lowest BCUT2D eigenvalue weighted by Crippen LogP contribution is -1.98. The van der Waals surface area contributed by atoms with Gasteiger partial charge in [-0.25, -0.2) is 9.97 Å². The van der Waals surface area contributed by atoms with E-state index in [1.165, 1.54) is 0 Å². The molecule has 0 aliphatic heterocycles. The van der Waals surface area contributed by atoms with Gasteiger partial charge in [0.25, 0.3) is 0 Å². The predicted octanol–water partition coefficient (Wildman–Crippen LogP) is 2.02. The molecular weight excluding hydrogens is 211 g/mol. The summed E-state index contributed by atoms with van der Waals surface area (Å²) >= 11 is 11.7. The maximum Gasteiger partial charge on any atom is 0.137 e. The highest BCUT2D eigenvalue weighted by atomic mass is 35.5. The van der Waals surface area contributed by atoms with Gasteiger partial charge in [0.2, 0.25) is 0 Å². The number of halogens is 2. The highest BCUT2D eigenvalue weighted by Gasteiger charge is 2.08. The van der Waals surface area contributed by atoms with Gasteiger partial charge in [0.15, 0.2) is 0 Å². The second-order valence-corrected chi connectivity index (χ2v) is 3.37. The van der Waals surface area contributed by atoms with Crippen molar-refractivity contribution >= 4 is 23.2 Å². The molecule has 3 nitrogen and oxygen atoms in total. The summed E-state index contributed by atoms with van der Waals surface area (Å²) in [5.74, 6) is 0.558. The zero-order chi connectivity index (χ0) is 9.84. The van der Waals surface area contributed by atoms with E-state index in [4.69, 9.17) is 28.3 Å². The molecule has 13 heavy (non-hydrogen) atoms. The van der Waals surface area contributed by atoms with E-state index in [-0.39, 0.29) is 6.61 Å². The Morgan fingerprint density at radius 2 is 1.77 bits per heavy atom. The van der Waals surface area contributed by atoms with Crippen molar-refractivity contribution in [3.8, 4) is 0 Å². The van der Waals surface area contributed by atoms with Gasteiger partial charge in [-0.05, 0) is 19.8 Å². The number of hydrogen-bond donors (Lipinski definition) is 1. The molecule has 0 amide bonds. The minimum atomic E-state index is 0.112. The molecule has 0 bridgehead atoms. The Labute approximate surface area is 86.7 Å². The standard InChI is InChI=1S/C8H10Cl2N2O/c1-5-11-7(9)6(3-2-4-13)8(10)12-5/h13H,2-4H2,1H3. The molecule has 0 saturated heterocycles. The van der Waals surface area contributed by atoms with Crippen molar-refractivity contribution in [1.82, 2.24) is 9.97 Å². The van der Waals surface area contributed by atoms with Gasteiger partial charge in [0.1, 0.15) is 16.1 Å². The predicted molar refractivity (Wildman–Crippen MR) is 52.2 cm³/mol. The first-order chi connectivity index (χ1) is 6.15. The largest absolute Gasteiger partial charge is 0.396 e. The molecule has 1 aromatic heterocycles. The van der Waals surface area contributed by atoms with Crippen molar-refractivity contribution in [2.75, 3.05) is 6.61 Å². The summed E-state index contributed by atoms with van der Waals surface area (Å²) in [4.78, 5) is 7.95. The molecule has 0 unspecified atom stereocenters. The van der Waals surface area contributed by atoms with E-state index in [1.807, 2.05) is 0 Å². The van der Waals surface area contributed by atoms with E-state index in [1.54, 1.807) is 6.92 Å². The average molecular weight is 221 g/mol. The molecule has 0 saturated carbocycles. The topological polar surface area (TPSA) is 46.0 Å². The molecule has 0 aliphatic carbocycles. The number of rotatable bonds is 3. The van der Waals surface area contributed by atoms with E-state index in [0.29, 0.717) is 34.5 Å². The third kappa shape index (κ3) is 2.79. The van der Waals surface area contributed by atoms with Crippen LogP contribution in [0, 0.1) is 6.92 Å². The van der Waals surface area contributed by atoms with Crippen LogP contribution < -0.4 is 0 Å². The molecule has 1 N–H and O–H groups in total. The second-order valence-electron chi connectivity index (χ2n) is 2.66. The highest BCUT2D eigenvalue weighted by molar-refractivity contribution is 6.34. The molecule has 1 rings (SSSR count). The van der Waals surface area contributed by atoms with Crippen LogP contribution in [-0.2, 0) is 6.42 Å². The maximum absolute atomic E-state index is 8.64. The van der Waals surface area contributed by atoms with Crippen molar-refractivity contribution < 1.29 is 5.11 Å². The zero-order valence-electron chi connectivity index (χ0n) is 7.22. The van der Waals surface area contributed by atoms with E-state index < -0.39 is 0 Å². The first kappa shape index (κ1) is 10.7. The molecule has 0 aromatic carbocycles. The van der Waals surface area contributed by atoms with E-state index in [2.05, 4.69) is 9.97 Å². The Bertz CT molecular complexity index is 281. The normalized spacial score (nSPS) is 10.5. The number of nitrogens with zero attached hydrogens (tertiary/aromatic N) is 2. The summed E-state index contributed by atoms with van der Waals surface area (Å²) in [5.41, 5.74) is 0.711. The lowest BCUT2D eigenvalue weighted by Gasteiger charge is -2.04. The lowest BCUT2D eigenvalue weighted by molar-refractivity contribution is 0.288. The third-order valence-corrected chi connectivity index (χ3v) is 2.23. The maximum atomic E-state index is 8.64. The van der Waals surface area contributed by atoms with Crippen LogP contribution in [0.25, 0.3) is 0 Å². The average Bonchev–Trinajstić information content (AvgIpc) is 2.02. The van der Waals surface area contributed by atoms with Crippen LogP contribution in [0.1, 0.15) is 17.8 Å². The molecule has 5 heteroatoms. The third-order valence-electron chi connectivity index (χ3n) is 1.60. The Balaban J connectivity index is 2.92. The summed E-state index contributed by atoms with van der Waals surface area (Å²) in [6.07, 6.45) is 1.22. The first-order valence-corrected chi connectivity index (χ1v) is 4.70. The fraction of sp³-hybridized carbons (Fsp3) is 0.500. The highest BCUT2D eigenvalue weighted by Crippen LogP contribution is 2.22. The van der Waals surface area contributed by atoms with Gasteiger partial charge < -0.3 is 5.11 Å². The monoisotopic (exact) mass is 220 g/mol. The number of aromatic nitrogens is 2. The molecule has 0 radical (unpaired) electrons. The fourth-order valence-corrected chi connectivity index (χ4v) is 1.65. The Kier molecular flexibility index (Phi) is 3.90. The van der Waals surface area contributed by atoms with Crippen molar-refractivity contribution in [2.24, 2.45) is 0 Å². The number of aryl methyl sites for hydroxylation is 1. The van der Waals surface area contributed by atoms with Crippen LogP contribution in [0.3, 0.4) is 0 Å². The molecular formula is C8H10Cl2N2O. The van der Waals surface area contributed by atoms with Gasteiger partial charge >= 0.3 is 0 Å². The molecule has 0 spiro atoms. The lowest BCUT2D eigenvalue weighted by atomic mass is 10.2. The van der Waals surface area contributed by atoms with Crippen LogP contribution in [0.2, 0.25) is 10.3 Å². The van der Waals surface area contributed by atoms with E-state index >= 15 is 0 Å². The zero-order valence-corrected chi connectivity index (χ0v) is 8.73. The number of aliphatic hydroxyl groups is 1. The minimum absolute atomic E-state index is 0.112. The van der Waals surface area contributed by atoms with E-state index in [9.17, 15) is 0 Å². The summed E-state index contributed by atoms with van der Waals surface area (Å²) in [6.45, 7) is 1.84. The SMILES string of the molecule is Cc1nc(Cl)c(CCCO)c(Cl)n1. The summed E-state index contributed by atoms with van der Waals surface area (Å²) in [6, 6.07) is 0. The van der Waals surface area contributed by atoms with Crippen LogP contribution in [-0.4, -0.2) is 21.7 Å². The number of aliphatic hydroxyl groups excluding tert-OH is 1. The molecule has 1 heterocycles.